The fraction of sp³-hybridized carbons (Fsp3) is 0.389. The van der Waals surface area contributed by atoms with Crippen LogP contribution in [0.25, 0.3) is 11.1 Å². The summed E-state index contributed by atoms with van der Waals surface area (Å²) in [5.41, 5.74) is 6.65. The number of hydrogen-bond donors (Lipinski definition) is 1. The summed E-state index contributed by atoms with van der Waals surface area (Å²) in [4.78, 5) is 16.0. The summed E-state index contributed by atoms with van der Waals surface area (Å²) in [6.45, 7) is 1.74. The molecule has 0 bridgehead atoms. The maximum absolute atomic E-state index is 12.6. The van der Waals surface area contributed by atoms with Crippen molar-refractivity contribution in [2.24, 2.45) is 5.92 Å². The van der Waals surface area contributed by atoms with Gasteiger partial charge in [-0.3, -0.25) is 4.79 Å². The number of hydrogen-bond acceptors (Lipinski definition) is 2. The van der Waals surface area contributed by atoms with E-state index in [9.17, 15) is 4.79 Å². The number of rotatable bonds is 3. The number of nitrogens with zero attached hydrogens (tertiary/aromatic N) is 1. The smallest absolute Gasteiger partial charge is 0.226 e. The molecule has 3 atom stereocenters. The van der Waals surface area contributed by atoms with Crippen LogP contribution in [0.5, 0.6) is 0 Å². The molecule has 2 heterocycles. The lowest BCUT2D eigenvalue weighted by Crippen LogP contribution is -2.62. The van der Waals surface area contributed by atoms with Gasteiger partial charge in [-0.05, 0) is 29.0 Å². The van der Waals surface area contributed by atoms with Gasteiger partial charge in [-0.25, -0.2) is 0 Å². The highest BCUT2D eigenvalue weighted by Crippen LogP contribution is 2.53. The molecule has 2 aliphatic rings. The Hall–Kier alpha value is -1.65. The topological polar surface area (TPSA) is 48.0 Å². The third-order valence-electron chi connectivity index (χ3n) is 4.82. The van der Waals surface area contributed by atoms with Crippen LogP contribution in [0.4, 0.5) is 0 Å². The number of amides is 1. The molecule has 4 heteroatoms. The second-order valence-corrected chi connectivity index (χ2v) is 7.40. The maximum atomic E-state index is 12.6. The Kier molecular flexibility index (Phi) is 3.51. The van der Waals surface area contributed by atoms with Crippen molar-refractivity contribution >= 4 is 17.2 Å². The van der Waals surface area contributed by atoms with E-state index in [2.05, 4.69) is 41.4 Å². The molecule has 1 saturated carbocycles. The Morgan fingerprint density at radius 1 is 1.23 bits per heavy atom. The lowest BCUT2D eigenvalue weighted by Gasteiger charge is -2.14. The predicted molar refractivity (Wildman–Crippen MR) is 88.5 cm³/mol. The molecule has 0 spiro atoms. The van der Waals surface area contributed by atoms with Crippen molar-refractivity contribution in [3.63, 3.8) is 0 Å². The van der Waals surface area contributed by atoms with Gasteiger partial charge in [0, 0.05) is 29.7 Å². The summed E-state index contributed by atoms with van der Waals surface area (Å²) in [6.07, 6.45) is 2.06. The second kappa shape index (κ2) is 5.52. The van der Waals surface area contributed by atoms with Crippen molar-refractivity contribution in [3.8, 4) is 11.1 Å². The molecule has 4 rings (SSSR count). The normalized spacial score (nSPS) is 27.1. The Bertz CT molecular complexity index is 681. The zero-order chi connectivity index (χ0) is 15.1. The lowest BCUT2D eigenvalue weighted by atomic mass is 10.0. The Balaban J connectivity index is 1.51. The highest BCUT2D eigenvalue weighted by atomic mass is 32.1. The van der Waals surface area contributed by atoms with Crippen molar-refractivity contribution in [2.45, 2.75) is 24.8 Å². The van der Waals surface area contributed by atoms with E-state index in [1.54, 1.807) is 11.3 Å². The molecule has 1 aromatic carbocycles. The fourth-order valence-corrected chi connectivity index (χ4v) is 4.59. The van der Waals surface area contributed by atoms with Gasteiger partial charge in [0.2, 0.25) is 5.91 Å². The maximum Gasteiger partial charge on any atom is 0.226 e. The number of quaternary nitrogens is 1. The third-order valence-corrected chi connectivity index (χ3v) is 5.87. The van der Waals surface area contributed by atoms with E-state index in [-0.39, 0.29) is 5.92 Å². The highest BCUT2D eigenvalue weighted by molar-refractivity contribution is 7.10. The molecule has 2 fully saturated rings. The van der Waals surface area contributed by atoms with E-state index in [0.29, 0.717) is 17.9 Å². The van der Waals surface area contributed by atoms with Gasteiger partial charge in [0.25, 0.3) is 0 Å². The first-order valence-electron chi connectivity index (χ1n) is 7.98. The molecule has 3 nitrogen and oxygen atoms in total. The Labute approximate surface area is 134 Å². The quantitative estimate of drug-likeness (QED) is 0.929. The summed E-state index contributed by atoms with van der Waals surface area (Å²) >= 11 is 1.80. The van der Waals surface area contributed by atoms with Gasteiger partial charge < -0.3 is 10.6 Å². The number of likely N-dealkylation sites (tertiary alicyclic amines) is 1. The number of benzene rings is 1. The van der Waals surface area contributed by atoms with Crippen molar-refractivity contribution in [3.05, 3.63) is 46.7 Å². The van der Waals surface area contributed by atoms with Gasteiger partial charge in [0.1, 0.15) is 6.04 Å². The molecule has 2 aromatic rings. The molecule has 3 N–H and O–H groups in total. The van der Waals surface area contributed by atoms with Gasteiger partial charge in [-0.15, -0.1) is 11.3 Å². The first kappa shape index (κ1) is 14.0. The average Bonchev–Trinajstić information content (AvgIpc) is 2.97. The van der Waals surface area contributed by atoms with Crippen LogP contribution in [0.15, 0.2) is 41.8 Å². The van der Waals surface area contributed by atoms with Gasteiger partial charge in [0.05, 0.1) is 6.54 Å². The third kappa shape index (κ3) is 2.46. The standard InChI is InChI=1S/C18H20N2OS/c19-13-6-8-20(11-13)18(21)16-10-15(16)17-14(7-9-22-17)12-4-2-1-3-5-12/h1-5,7,9,13,15-16H,6,8,10-11,19H2/p+1. The van der Waals surface area contributed by atoms with Gasteiger partial charge in [-0.1, -0.05) is 30.3 Å². The minimum Gasteiger partial charge on any atom is -0.354 e. The minimum atomic E-state index is 0.200. The van der Waals surface area contributed by atoms with Crippen LogP contribution in [0.3, 0.4) is 0 Å². The Morgan fingerprint density at radius 2 is 2.05 bits per heavy atom. The second-order valence-electron chi connectivity index (χ2n) is 6.45. The summed E-state index contributed by atoms with van der Waals surface area (Å²) < 4.78 is 0. The first-order valence-corrected chi connectivity index (χ1v) is 8.86. The zero-order valence-corrected chi connectivity index (χ0v) is 13.4. The highest BCUT2D eigenvalue weighted by Gasteiger charge is 2.48. The molecular formula is C18H21N2OS+. The molecule has 1 aromatic heterocycles. The summed E-state index contributed by atoms with van der Waals surface area (Å²) in [5.74, 6) is 0.974. The number of carbonyl (C=O) groups is 1. The van der Waals surface area contributed by atoms with Gasteiger partial charge in [-0.2, -0.15) is 0 Å². The van der Waals surface area contributed by atoms with Crippen LogP contribution in [0, 0.1) is 5.92 Å². The van der Waals surface area contributed by atoms with Crippen molar-refractivity contribution < 1.29 is 10.5 Å². The van der Waals surface area contributed by atoms with Crippen LogP contribution in [0.2, 0.25) is 0 Å². The number of thiophene rings is 1. The van der Waals surface area contributed by atoms with E-state index in [1.807, 2.05) is 11.0 Å². The van der Waals surface area contributed by atoms with Gasteiger partial charge >= 0.3 is 0 Å². The van der Waals surface area contributed by atoms with Crippen LogP contribution in [0.1, 0.15) is 23.6 Å². The minimum absolute atomic E-state index is 0.200. The van der Waals surface area contributed by atoms with Crippen molar-refractivity contribution in [1.29, 1.82) is 0 Å². The SMILES string of the molecule is [NH3+]C1CCN(C(=O)C2CC2c2sccc2-c2ccccc2)C1. The summed E-state index contributed by atoms with van der Waals surface area (Å²) in [5, 5.41) is 2.15. The fourth-order valence-electron chi connectivity index (χ4n) is 3.49. The van der Waals surface area contributed by atoms with Crippen LogP contribution in [-0.2, 0) is 4.79 Å². The van der Waals surface area contributed by atoms with Crippen LogP contribution < -0.4 is 5.73 Å². The molecule has 1 amide bonds. The number of carbonyl (C=O) groups excluding carboxylic acids is 1. The monoisotopic (exact) mass is 313 g/mol. The Morgan fingerprint density at radius 3 is 2.77 bits per heavy atom. The molecule has 1 saturated heterocycles. The molecule has 3 unspecified atom stereocenters. The zero-order valence-electron chi connectivity index (χ0n) is 12.6. The van der Waals surface area contributed by atoms with Crippen molar-refractivity contribution in [2.75, 3.05) is 13.1 Å². The van der Waals surface area contributed by atoms with E-state index < -0.39 is 0 Å². The molecular weight excluding hydrogens is 292 g/mol. The first-order chi connectivity index (χ1) is 10.7. The van der Waals surface area contributed by atoms with E-state index in [0.717, 1.165) is 25.9 Å². The van der Waals surface area contributed by atoms with Crippen molar-refractivity contribution in [1.82, 2.24) is 4.90 Å². The van der Waals surface area contributed by atoms with Crippen LogP contribution >= 0.6 is 11.3 Å². The largest absolute Gasteiger partial charge is 0.354 e. The molecule has 0 radical (unpaired) electrons. The molecule has 114 valence electrons. The molecule has 22 heavy (non-hydrogen) atoms. The van der Waals surface area contributed by atoms with E-state index in [4.69, 9.17) is 0 Å². The van der Waals surface area contributed by atoms with E-state index in [1.165, 1.54) is 16.0 Å². The van der Waals surface area contributed by atoms with Gasteiger partial charge in [0.15, 0.2) is 0 Å². The predicted octanol–water partition coefficient (Wildman–Crippen LogP) is 2.36. The molecule has 1 aliphatic heterocycles. The summed E-state index contributed by atoms with van der Waals surface area (Å²) in [6, 6.07) is 13.1. The summed E-state index contributed by atoms with van der Waals surface area (Å²) in [7, 11) is 0. The van der Waals surface area contributed by atoms with Crippen LogP contribution in [-0.4, -0.2) is 29.9 Å². The molecule has 1 aliphatic carbocycles. The van der Waals surface area contributed by atoms with E-state index >= 15 is 0 Å². The lowest BCUT2D eigenvalue weighted by molar-refractivity contribution is -0.413. The average molecular weight is 313 g/mol.